The number of carbonyl (C=O) groups excluding carboxylic acids is 3. The highest BCUT2D eigenvalue weighted by atomic mass is 16.5. The molecule has 0 aromatic carbocycles. The van der Waals surface area contributed by atoms with E-state index in [-0.39, 0.29) is 67.4 Å². The monoisotopic (exact) mass is 536 g/mol. The summed E-state index contributed by atoms with van der Waals surface area (Å²) in [5.74, 6) is -0.302. The maximum atomic E-state index is 13.9. The summed E-state index contributed by atoms with van der Waals surface area (Å²) < 4.78 is 17.5. The van der Waals surface area contributed by atoms with Gasteiger partial charge in [0.2, 0.25) is 17.7 Å². The summed E-state index contributed by atoms with van der Waals surface area (Å²) in [6.45, 7) is 3.51. The van der Waals surface area contributed by atoms with Crippen molar-refractivity contribution in [2.75, 3.05) is 52.5 Å². The van der Waals surface area contributed by atoms with Gasteiger partial charge in [0, 0.05) is 63.9 Å². The lowest BCUT2D eigenvalue weighted by atomic mass is 10.0. The summed E-state index contributed by atoms with van der Waals surface area (Å²) in [6, 6.07) is -0.338. The molecular formula is C26H40N4O8. The summed E-state index contributed by atoms with van der Waals surface area (Å²) in [4.78, 5) is 45.8. The van der Waals surface area contributed by atoms with Gasteiger partial charge in [-0.1, -0.05) is 0 Å². The van der Waals surface area contributed by atoms with Crippen molar-refractivity contribution in [2.24, 2.45) is 5.92 Å². The Morgan fingerprint density at radius 3 is 2.45 bits per heavy atom. The molecule has 212 valence electrons. The minimum absolute atomic E-state index is 0.0195. The predicted molar refractivity (Wildman–Crippen MR) is 132 cm³/mol. The van der Waals surface area contributed by atoms with Crippen molar-refractivity contribution >= 4 is 17.7 Å². The number of aliphatic hydroxyl groups is 2. The Labute approximate surface area is 222 Å². The Balaban J connectivity index is 1.26. The first-order valence-corrected chi connectivity index (χ1v) is 14.2. The van der Waals surface area contributed by atoms with E-state index in [0.29, 0.717) is 45.9 Å². The minimum atomic E-state index is -1.22. The molecule has 5 heterocycles. The molecule has 12 nitrogen and oxygen atoms in total. The highest BCUT2D eigenvalue weighted by Crippen LogP contribution is 2.33. The molecule has 1 aliphatic carbocycles. The Bertz CT molecular complexity index is 912. The second kappa shape index (κ2) is 11.0. The second-order valence-corrected chi connectivity index (χ2v) is 11.7. The molecule has 6 rings (SSSR count). The molecule has 0 spiro atoms. The smallest absolute Gasteiger partial charge is 0.240 e. The average molecular weight is 537 g/mol. The summed E-state index contributed by atoms with van der Waals surface area (Å²) in [7, 11) is 0. The van der Waals surface area contributed by atoms with Gasteiger partial charge in [0.25, 0.3) is 0 Å². The van der Waals surface area contributed by atoms with E-state index in [2.05, 4.69) is 10.2 Å². The van der Waals surface area contributed by atoms with E-state index in [0.717, 1.165) is 25.7 Å². The number of nitrogens with one attached hydrogen (secondary N) is 1. The van der Waals surface area contributed by atoms with Crippen molar-refractivity contribution in [1.29, 1.82) is 0 Å². The van der Waals surface area contributed by atoms with E-state index in [1.807, 2.05) is 4.90 Å². The van der Waals surface area contributed by atoms with Crippen LogP contribution in [0.5, 0.6) is 0 Å². The molecule has 5 saturated heterocycles. The number of rotatable bonds is 2. The van der Waals surface area contributed by atoms with Crippen molar-refractivity contribution in [3.05, 3.63) is 0 Å². The largest absolute Gasteiger partial charge is 0.388 e. The van der Waals surface area contributed by atoms with Crippen LogP contribution in [0.15, 0.2) is 0 Å². The number of aliphatic hydroxyl groups excluding tert-OH is 2. The van der Waals surface area contributed by atoms with Crippen LogP contribution in [0, 0.1) is 5.92 Å². The van der Waals surface area contributed by atoms with Crippen LogP contribution < -0.4 is 5.32 Å². The van der Waals surface area contributed by atoms with Gasteiger partial charge >= 0.3 is 0 Å². The Morgan fingerprint density at radius 2 is 1.68 bits per heavy atom. The topological polar surface area (TPSA) is 141 Å². The fourth-order valence-corrected chi connectivity index (χ4v) is 6.79. The van der Waals surface area contributed by atoms with Crippen molar-refractivity contribution < 1.29 is 38.8 Å². The lowest BCUT2D eigenvalue weighted by Crippen LogP contribution is -2.56. The SMILES string of the molecule is O=C1C[C@@H]2O[C@H](CN(C(=O)C3CC3)C[C@@H]3CN(CCO3)C(=O)[C@@H]3C[C@@H](CN3C3CCOCC3)N1)[C@@H](O)[C@H]2O. The van der Waals surface area contributed by atoms with Gasteiger partial charge in [-0.25, -0.2) is 0 Å². The lowest BCUT2D eigenvalue weighted by Gasteiger charge is -2.40. The Hall–Kier alpha value is -1.83. The maximum absolute atomic E-state index is 13.9. The van der Waals surface area contributed by atoms with Crippen LogP contribution in [-0.2, 0) is 28.6 Å². The van der Waals surface area contributed by atoms with Crippen LogP contribution in [0.2, 0.25) is 0 Å². The normalized spacial score (nSPS) is 39.9. The van der Waals surface area contributed by atoms with Gasteiger partial charge in [-0.3, -0.25) is 19.3 Å². The van der Waals surface area contributed by atoms with Gasteiger partial charge in [-0.05, 0) is 32.1 Å². The van der Waals surface area contributed by atoms with E-state index in [4.69, 9.17) is 14.2 Å². The van der Waals surface area contributed by atoms with Gasteiger partial charge in [0.15, 0.2) is 0 Å². The number of carbonyl (C=O) groups is 3. The van der Waals surface area contributed by atoms with Gasteiger partial charge in [-0.2, -0.15) is 0 Å². The van der Waals surface area contributed by atoms with Crippen LogP contribution in [0.4, 0.5) is 0 Å². The standard InChI is InChI=1S/C26H40N4O8/c31-22-10-20-23(32)24(33)21(38-20)14-29(25(34)15-1-2-15)13-18-12-28(5-8-37-18)26(35)19-9-16(27-22)11-30(19)17-3-6-36-7-4-17/h15-21,23-24,32-33H,1-14H2,(H,27,31)/t16-,18-,19-,20-,21+,23-,24+/m0/s1. The third kappa shape index (κ3) is 5.44. The van der Waals surface area contributed by atoms with E-state index < -0.39 is 24.4 Å². The van der Waals surface area contributed by atoms with Crippen LogP contribution in [0.3, 0.4) is 0 Å². The predicted octanol–water partition coefficient (Wildman–Crippen LogP) is -1.92. The van der Waals surface area contributed by atoms with Gasteiger partial charge in [0.1, 0.15) is 18.3 Å². The molecule has 6 bridgehead atoms. The van der Waals surface area contributed by atoms with Gasteiger partial charge in [-0.15, -0.1) is 0 Å². The second-order valence-electron chi connectivity index (χ2n) is 11.7. The fourth-order valence-electron chi connectivity index (χ4n) is 6.79. The zero-order valence-corrected chi connectivity index (χ0v) is 21.8. The molecule has 0 radical (unpaired) electrons. The minimum Gasteiger partial charge on any atom is -0.388 e. The molecule has 3 N–H and O–H groups in total. The summed E-state index contributed by atoms with van der Waals surface area (Å²) in [5, 5.41) is 24.5. The first-order valence-electron chi connectivity index (χ1n) is 14.2. The highest BCUT2D eigenvalue weighted by molar-refractivity contribution is 5.83. The first-order chi connectivity index (χ1) is 18.4. The summed E-state index contributed by atoms with van der Waals surface area (Å²) in [6.07, 6.45) is -0.702. The molecule has 3 amide bonds. The van der Waals surface area contributed by atoms with Crippen LogP contribution in [-0.4, -0.2) is 144 Å². The summed E-state index contributed by atoms with van der Waals surface area (Å²) in [5.41, 5.74) is 0. The molecule has 5 aliphatic heterocycles. The molecule has 7 atom stereocenters. The maximum Gasteiger partial charge on any atom is 0.240 e. The van der Waals surface area contributed by atoms with Gasteiger partial charge in [0.05, 0.1) is 31.3 Å². The third-order valence-electron chi connectivity index (χ3n) is 9.01. The number of morpholine rings is 1. The first kappa shape index (κ1) is 26.4. The van der Waals surface area contributed by atoms with Crippen LogP contribution in [0.1, 0.15) is 38.5 Å². The highest BCUT2D eigenvalue weighted by Gasteiger charge is 2.48. The Morgan fingerprint density at radius 1 is 0.921 bits per heavy atom. The van der Waals surface area contributed by atoms with Crippen molar-refractivity contribution in [3.8, 4) is 0 Å². The number of likely N-dealkylation sites (tertiary alicyclic amines) is 1. The zero-order chi connectivity index (χ0) is 26.4. The van der Waals surface area contributed by atoms with Crippen molar-refractivity contribution in [1.82, 2.24) is 20.0 Å². The van der Waals surface area contributed by atoms with Gasteiger partial charge < -0.3 is 39.5 Å². The quantitative estimate of drug-likeness (QED) is 0.368. The van der Waals surface area contributed by atoms with E-state index in [9.17, 15) is 24.6 Å². The molecule has 0 unspecified atom stereocenters. The number of amides is 3. The number of hydrogen-bond donors (Lipinski definition) is 3. The number of fused-ring (bicyclic) bond motifs is 6. The summed E-state index contributed by atoms with van der Waals surface area (Å²) >= 11 is 0. The number of hydrogen-bond acceptors (Lipinski definition) is 9. The molecule has 0 aromatic rings. The van der Waals surface area contributed by atoms with Crippen LogP contribution >= 0.6 is 0 Å². The Kier molecular flexibility index (Phi) is 7.62. The van der Waals surface area contributed by atoms with Crippen LogP contribution in [0.25, 0.3) is 0 Å². The molecule has 6 fully saturated rings. The molecule has 38 heavy (non-hydrogen) atoms. The number of nitrogens with zero attached hydrogens (tertiary/aromatic N) is 3. The molecule has 6 aliphatic rings. The molecule has 0 aromatic heterocycles. The number of ether oxygens (including phenoxy) is 3. The molecular weight excluding hydrogens is 496 g/mol. The molecule has 1 saturated carbocycles. The van der Waals surface area contributed by atoms with Crippen molar-refractivity contribution in [2.45, 2.75) is 87.2 Å². The third-order valence-corrected chi connectivity index (χ3v) is 9.01. The zero-order valence-electron chi connectivity index (χ0n) is 21.8. The molecule has 12 heteroatoms. The van der Waals surface area contributed by atoms with E-state index in [1.54, 1.807) is 4.90 Å². The van der Waals surface area contributed by atoms with E-state index >= 15 is 0 Å². The average Bonchev–Trinajstić information content (AvgIpc) is 3.64. The van der Waals surface area contributed by atoms with E-state index in [1.165, 1.54) is 0 Å². The lowest BCUT2D eigenvalue weighted by molar-refractivity contribution is -0.148. The van der Waals surface area contributed by atoms with Crippen molar-refractivity contribution in [3.63, 3.8) is 0 Å². The fraction of sp³-hybridized carbons (Fsp3) is 0.885.